The van der Waals surface area contributed by atoms with E-state index >= 15 is 0 Å². The molecule has 7 rings (SSSR count). The van der Waals surface area contributed by atoms with Crippen molar-refractivity contribution < 1.29 is 24.1 Å². The van der Waals surface area contributed by atoms with E-state index < -0.39 is 5.97 Å². The maximum absolute atomic E-state index is 14.7. The minimum absolute atomic E-state index is 0.134. The van der Waals surface area contributed by atoms with E-state index in [-0.39, 0.29) is 36.3 Å². The molecule has 2 saturated heterocycles. The Kier molecular flexibility index (Phi) is 5.62. The fourth-order valence-electron chi connectivity index (χ4n) is 7.82. The first-order valence-electron chi connectivity index (χ1n) is 13.9. The first kappa shape index (κ1) is 23.9. The van der Waals surface area contributed by atoms with Crippen molar-refractivity contribution in [1.29, 1.82) is 0 Å². The molecule has 38 heavy (non-hydrogen) atoms. The van der Waals surface area contributed by atoms with Gasteiger partial charge in [0.2, 0.25) is 0 Å². The predicted molar refractivity (Wildman–Crippen MR) is 141 cm³/mol. The Morgan fingerprint density at radius 2 is 1.97 bits per heavy atom. The Bertz CT molecular complexity index is 1360. The van der Waals surface area contributed by atoms with Crippen LogP contribution >= 0.6 is 0 Å². The van der Waals surface area contributed by atoms with Crippen LogP contribution in [-0.2, 0) is 16.1 Å². The number of pyridine rings is 1. The van der Waals surface area contributed by atoms with E-state index in [4.69, 9.17) is 9.72 Å². The molecular formula is C31H33FN2O4. The van der Waals surface area contributed by atoms with E-state index in [0.29, 0.717) is 23.6 Å². The lowest BCUT2D eigenvalue weighted by atomic mass is 9.87. The third kappa shape index (κ3) is 3.94. The van der Waals surface area contributed by atoms with Crippen molar-refractivity contribution >= 4 is 11.8 Å². The van der Waals surface area contributed by atoms with Gasteiger partial charge < -0.3 is 19.8 Å². The number of aliphatic hydroxyl groups is 1. The number of aryl methyl sites for hydroxylation is 1. The molecule has 6 unspecified atom stereocenters. The van der Waals surface area contributed by atoms with E-state index in [9.17, 15) is 19.4 Å². The number of benzene rings is 1. The zero-order valence-corrected chi connectivity index (χ0v) is 21.5. The normalized spacial score (nSPS) is 32.8. The highest BCUT2D eigenvalue weighted by Crippen LogP contribution is 2.64. The molecular weight excluding hydrogens is 483 g/mol. The number of hydrogen-bond donors (Lipinski definition) is 2. The van der Waals surface area contributed by atoms with Crippen molar-refractivity contribution in [2.24, 2.45) is 23.7 Å². The smallest absolute Gasteiger partial charge is 0.307 e. The topological polar surface area (TPSA) is 82.9 Å². The second-order valence-electron chi connectivity index (χ2n) is 11.8. The molecule has 1 aromatic heterocycles. The molecule has 198 valence electrons. The largest absolute Gasteiger partial charge is 0.489 e. The summed E-state index contributed by atoms with van der Waals surface area (Å²) in [6.45, 7) is 2.13. The van der Waals surface area contributed by atoms with Gasteiger partial charge in [0.15, 0.2) is 0 Å². The maximum Gasteiger partial charge on any atom is 0.307 e. The number of aliphatic carboxylic acids is 1. The van der Waals surface area contributed by atoms with Gasteiger partial charge in [-0.25, -0.2) is 9.37 Å². The van der Waals surface area contributed by atoms with Crippen LogP contribution < -0.4 is 4.90 Å². The number of hydrogen-bond acceptors (Lipinski definition) is 5. The molecule has 3 heterocycles. The van der Waals surface area contributed by atoms with Crippen molar-refractivity contribution in [1.82, 2.24) is 4.98 Å². The van der Waals surface area contributed by atoms with E-state index in [0.717, 1.165) is 66.9 Å². The Morgan fingerprint density at radius 1 is 1.18 bits per heavy atom. The number of nitrogens with zero attached hydrogens (tertiary/aromatic N) is 2. The predicted octanol–water partition coefficient (Wildman–Crippen LogP) is 5.39. The van der Waals surface area contributed by atoms with Crippen molar-refractivity contribution in [2.45, 2.75) is 70.2 Å². The number of carbonyl (C=O) groups is 1. The second-order valence-corrected chi connectivity index (χ2v) is 11.8. The number of aliphatic hydroxyl groups excluding tert-OH is 1. The molecule has 2 bridgehead atoms. The number of ether oxygens (including phenoxy) is 1. The van der Waals surface area contributed by atoms with Crippen molar-refractivity contribution in [2.75, 3.05) is 4.90 Å². The molecule has 2 saturated carbocycles. The van der Waals surface area contributed by atoms with E-state index in [1.54, 1.807) is 6.07 Å². The number of allylic oxidation sites excluding steroid dienone is 3. The fraction of sp³-hybridized carbons (Fsp3) is 0.484. The van der Waals surface area contributed by atoms with Gasteiger partial charge in [-0.3, -0.25) is 4.79 Å². The number of anilines is 1. The number of rotatable bonds is 6. The van der Waals surface area contributed by atoms with Crippen LogP contribution in [0.15, 0.2) is 53.8 Å². The lowest BCUT2D eigenvalue weighted by molar-refractivity contribution is -0.139. The summed E-state index contributed by atoms with van der Waals surface area (Å²) in [6, 6.07) is 9.97. The highest BCUT2D eigenvalue weighted by Gasteiger charge is 2.63. The first-order chi connectivity index (χ1) is 18.4. The maximum atomic E-state index is 14.7. The van der Waals surface area contributed by atoms with E-state index in [2.05, 4.69) is 17.0 Å². The van der Waals surface area contributed by atoms with Crippen LogP contribution in [0.2, 0.25) is 0 Å². The summed E-state index contributed by atoms with van der Waals surface area (Å²) in [4.78, 5) is 18.7. The Balaban J connectivity index is 1.05. The second kappa shape index (κ2) is 8.94. The minimum atomic E-state index is -0.668. The molecule has 1 aromatic carbocycles. The summed E-state index contributed by atoms with van der Waals surface area (Å²) >= 11 is 0. The lowest BCUT2D eigenvalue weighted by Gasteiger charge is -2.38. The molecule has 2 aromatic rings. The molecule has 7 heteroatoms. The van der Waals surface area contributed by atoms with E-state index in [1.165, 1.54) is 11.6 Å². The molecule has 5 aliphatic rings. The average molecular weight is 517 g/mol. The number of piperidine rings is 1. The van der Waals surface area contributed by atoms with Gasteiger partial charge in [-0.05, 0) is 105 Å². The summed E-state index contributed by atoms with van der Waals surface area (Å²) < 4.78 is 20.8. The van der Waals surface area contributed by atoms with Crippen LogP contribution in [0.25, 0.3) is 11.1 Å². The Morgan fingerprint density at radius 3 is 2.71 bits per heavy atom. The zero-order valence-electron chi connectivity index (χ0n) is 21.5. The highest BCUT2D eigenvalue weighted by atomic mass is 19.1. The van der Waals surface area contributed by atoms with Gasteiger partial charge in [0.1, 0.15) is 24.0 Å². The van der Waals surface area contributed by atoms with Crippen LogP contribution in [0, 0.1) is 36.4 Å². The summed E-state index contributed by atoms with van der Waals surface area (Å²) in [5, 5.41) is 19.5. The van der Waals surface area contributed by atoms with Gasteiger partial charge in [-0.2, -0.15) is 0 Å². The summed E-state index contributed by atoms with van der Waals surface area (Å²) in [7, 11) is 0. The fourth-order valence-corrected chi connectivity index (χ4v) is 7.82. The summed E-state index contributed by atoms with van der Waals surface area (Å²) in [6.07, 6.45) is 9.29. The van der Waals surface area contributed by atoms with Gasteiger partial charge >= 0.3 is 5.97 Å². The molecule has 6 atom stereocenters. The Labute approximate surface area is 221 Å². The minimum Gasteiger partial charge on any atom is -0.489 e. The molecule has 3 aliphatic carbocycles. The van der Waals surface area contributed by atoms with Gasteiger partial charge in [0.05, 0.1) is 12.0 Å². The van der Waals surface area contributed by atoms with Crippen LogP contribution in [0.5, 0.6) is 0 Å². The molecule has 0 radical (unpaired) electrons. The number of aromatic nitrogens is 1. The van der Waals surface area contributed by atoms with Crippen LogP contribution in [-0.4, -0.2) is 39.4 Å². The molecule has 2 aliphatic heterocycles. The molecule has 2 N–H and O–H groups in total. The molecule has 6 nitrogen and oxygen atoms in total. The van der Waals surface area contributed by atoms with Gasteiger partial charge in [0, 0.05) is 28.9 Å². The van der Waals surface area contributed by atoms with Gasteiger partial charge in [-0.1, -0.05) is 11.6 Å². The molecule has 4 fully saturated rings. The third-order valence-electron chi connectivity index (χ3n) is 9.62. The molecule has 0 amide bonds. The number of carboxylic acids is 1. The standard InChI is InChI=1S/C31H33FN2O4/c1-16-24(7-9-28(33-16)34-20-3-4-21(34)14-22(35)13-20)17-2-8-27(32)19(10-17)15-38-23-5-6-25-18(11-23)12-26-29(25)30(26)31(36)37/h2,5,7-11,20-22,25-26,29-30,35H,3-4,6,12-15H2,1H3,(H,36,37). The van der Waals surface area contributed by atoms with Gasteiger partial charge in [-0.15, -0.1) is 0 Å². The quantitative estimate of drug-likeness (QED) is 0.536. The SMILES string of the molecule is Cc1nc(N2C3CCC2CC(O)C3)ccc1-c1ccc(F)c(COC2=CCC3C(=C2)CC2C(C(=O)O)C32)c1. The summed E-state index contributed by atoms with van der Waals surface area (Å²) in [5.41, 5.74) is 4.56. The van der Waals surface area contributed by atoms with Gasteiger partial charge in [0.25, 0.3) is 0 Å². The monoisotopic (exact) mass is 516 g/mol. The zero-order chi connectivity index (χ0) is 26.1. The summed E-state index contributed by atoms with van der Waals surface area (Å²) in [5.74, 6) is 1.42. The number of fused-ring (bicyclic) bond motifs is 5. The highest BCUT2D eigenvalue weighted by molar-refractivity contribution is 5.75. The Hall–Kier alpha value is -3.19. The van der Waals surface area contributed by atoms with Crippen molar-refractivity contribution in [3.8, 4) is 11.1 Å². The van der Waals surface area contributed by atoms with E-state index in [1.807, 2.05) is 25.1 Å². The van der Waals surface area contributed by atoms with Crippen LogP contribution in [0.3, 0.4) is 0 Å². The lowest BCUT2D eigenvalue weighted by Crippen LogP contribution is -2.45. The first-order valence-corrected chi connectivity index (χ1v) is 13.9. The van der Waals surface area contributed by atoms with Crippen molar-refractivity contribution in [3.05, 3.63) is 70.9 Å². The molecule has 0 spiro atoms. The average Bonchev–Trinajstić information content (AvgIpc) is 3.38. The number of halogens is 1. The number of carboxylic acid groups (broad SMARTS) is 1. The van der Waals surface area contributed by atoms with Crippen molar-refractivity contribution in [3.63, 3.8) is 0 Å². The van der Waals surface area contributed by atoms with Crippen LogP contribution in [0.4, 0.5) is 10.2 Å². The van der Waals surface area contributed by atoms with Crippen LogP contribution in [0.1, 0.15) is 49.8 Å². The third-order valence-corrected chi connectivity index (χ3v) is 9.62.